The molecule has 2 aromatic heterocycles. The van der Waals surface area contributed by atoms with Crippen molar-refractivity contribution in [1.29, 1.82) is 0 Å². The van der Waals surface area contributed by atoms with Crippen LogP contribution in [-0.4, -0.2) is 16.4 Å². The standard InChI is InChI=1S/C54H34BN2OS/c59-53-28-14-7-21-42(53)43-31-35(37-16-2-9-23-46(37)57-49-26-12-5-19-40(49)41-20-6-13-27-50(41)57)33-52-54(43)55-44-30-29-34(32-51(44)58-52)36-15-1-8-22-45(36)56-47-24-10-3-17-38(47)39-18-4-11-25-48(39)56/h1-33,59H/i1D,2D,3D,4D,5D,6D,7D,8D,9D,10D,11D,12D,13D,14D,15D,16D,17D,18D,19D,20D,21D,22D,23D,24D,25D,26D,27D,28D,29D,30D,31D,32D,33D. The van der Waals surface area contributed by atoms with Crippen molar-refractivity contribution in [2.75, 3.05) is 0 Å². The topological polar surface area (TPSA) is 19.1 Å². The molecule has 275 valence electrons. The second-order valence-corrected chi connectivity index (χ2v) is 13.2. The van der Waals surface area contributed by atoms with Gasteiger partial charge in [0.1, 0.15) is 11.5 Å². The van der Waals surface area contributed by atoms with Crippen LogP contribution >= 0.6 is 12.6 Å². The van der Waals surface area contributed by atoms with E-state index in [1.807, 2.05) is 0 Å². The van der Waals surface area contributed by atoms with Gasteiger partial charge in [0.2, 0.25) is 7.28 Å². The van der Waals surface area contributed by atoms with Crippen molar-refractivity contribution in [3.8, 4) is 56.3 Å². The highest BCUT2D eigenvalue weighted by Gasteiger charge is 2.26. The van der Waals surface area contributed by atoms with Gasteiger partial charge in [0.25, 0.3) is 0 Å². The average molecular weight is 803 g/mol. The minimum absolute atomic E-state index is 0.538. The molecule has 1 aliphatic rings. The van der Waals surface area contributed by atoms with Gasteiger partial charge in [0.15, 0.2) is 0 Å². The van der Waals surface area contributed by atoms with E-state index in [0.717, 1.165) is 11.8 Å². The van der Waals surface area contributed by atoms with Crippen molar-refractivity contribution in [2.24, 2.45) is 0 Å². The number of ether oxygens (including phenoxy) is 1. The summed E-state index contributed by atoms with van der Waals surface area (Å²) >= 11 is 4.48. The van der Waals surface area contributed by atoms with Gasteiger partial charge in [-0.2, -0.15) is 0 Å². The first kappa shape index (κ1) is 14.6. The lowest BCUT2D eigenvalue weighted by molar-refractivity contribution is 0.488. The van der Waals surface area contributed by atoms with E-state index in [9.17, 15) is 16.4 Å². The van der Waals surface area contributed by atoms with Gasteiger partial charge in [0, 0.05) is 37.6 Å². The number of hydrogen-bond acceptors (Lipinski definition) is 2. The average Bonchev–Trinajstić information content (AvgIpc) is 1.39. The Morgan fingerprint density at radius 2 is 0.847 bits per heavy atom. The van der Waals surface area contributed by atoms with Crippen molar-refractivity contribution in [1.82, 2.24) is 9.13 Å². The summed E-state index contributed by atoms with van der Waals surface area (Å²) in [5, 5.41) is -2.20. The van der Waals surface area contributed by atoms with Crippen LogP contribution in [0.25, 0.3) is 88.4 Å². The van der Waals surface area contributed by atoms with Crippen LogP contribution in [0.3, 0.4) is 0 Å². The Morgan fingerprint density at radius 3 is 1.41 bits per heavy atom. The number of rotatable bonds is 5. The van der Waals surface area contributed by atoms with Gasteiger partial charge in [0.05, 0.1) is 78.7 Å². The van der Waals surface area contributed by atoms with E-state index in [0.29, 0.717) is 4.57 Å². The van der Waals surface area contributed by atoms with Crippen LogP contribution in [0.15, 0.2) is 204 Å². The number of hydrogen-bond donors (Lipinski definition) is 1. The Morgan fingerprint density at radius 1 is 0.407 bits per heavy atom. The van der Waals surface area contributed by atoms with Gasteiger partial charge < -0.3 is 13.9 Å². The second kappa shape index (κ2) is 13.4. The van der Waals surface area contributed by atoms with Crippen LogP contribution < -0.4 is 15.7 Å². The molecular formula is C54H34BN2OS. The minimum Gasteiger partial charge on any atom is -0.458 e. The Balaban J connectivity index is 1.25. The summed E-state index contributed by atoms with van der Waals surface area (Å²) < 4.78 is 309. The summed E-state index contributed by atoms with van der Waals surface area (Å²) in [6.07, 6.45) is 0. The highest BCUT2D eigenvalue weighted by molar-refractivity contribution is 7.80. The first-order valence-corrected chi connectivity index (χ1v) is 17.7. The second-order valence-electron chi connectivity index (χ2n) is 12.7. The Kier molecular flexibility index (Phi) is 3.32. The molecule has 0 amide bonds. The smallest absolute Gasteiger partial charge is 0.202 e. The van der Waals surface area contributed by atoms with E-state index < -0.39 is 315 Å². The number of fused-ring (bicyclic) bond motifs is 8. The molecule has 0 saturated heterocycles. The number of benzene rings is 9. The van der Waals surface area contributed by atoms with E-state index in [4.69, 9.17) is 33.5 Å². The summed E-state index contributed by atoms with van der Waals surface area (Å²) in [5.74, 6) is -1.73. The first-order chi connectivity index (χ1) is 42.9. The normalized spacial score (nSPS) is 19.9. The van der Waals surface area contributed by atoms with Crippen LogP contribution in [0.4, 0.5) is 0 Å². The van der Waals surface area contributed by atoms with Gasteiger partial charge in [-0.3, -0.25) is 0 Å². The lowest BCUT2D eigenvalue weighted by Crippen LogP contribution is -2.35. The summed E-state index contributed by atoms with van der Waals surface area (Å²) in [4.78, 5) is -0.589. The molecule has 5 heteroatoms. The largest absolute Gasteiger partial charge is 0.458 e. The third-order valence-corrected chi connectivity index (χ3v) is 9.90. The molecule has 0 fully saturated rings. The van der Waals surface area contributed by atoms with Crippen LogP contribution in [0.5, 0.6) is 11.5 Å². The van der Waals surface area contributed by atoms with Gasteiger partial charge in [-0.15, -0.1) is 12.6 Å². The zero-order chi connectivity index (χ0) is 67.7. The zero-order valence-corrected chi connectivity index (χ0v) is 30.2. The summed E-state index contributed by atoms with van der Waals surface area (Å²) in [7, 11) is 0.960. The van der Waals surface area contributed by atoms with Crippen LogP contribution in [0.2, 0.25) is 0 Å². The highest BCUT2D eigenvalue weighted by Crippen LogP contribution is 2.42. The molecule has 0 atom stereocenters. The highest BCUT2D eigenvalue weighted by atomic mass is 32.1. The quantitative estimate of drug-likeness (QED) is 0.136. The SMILES string of the molecule is [2H]c1c([2H])c([2H])c(-c2c([2H])c(-c3c([2H])c([2H])c([2H])c([2H])c3-n3c4c([2H])c([2H])c([2H])c([2H])c4c4c([2H])c([2H])c([2H])c([2H])c43)c([2H])c3c2[B]c2c([2H])c([2H])c(-c4c([2H])c([2H])c([2H])c([2H])c4-n4c5c([2H])c([2H])c([2H])c([2H])c5c5c([2H])c([2H])c([2H])c([2H])c54)c([2H])c2O3)c(S)c1[2H]. The van der Waals surface area contributed by atoms with Crippen molar-refractivity contribution in [3.05, 3.63) is 199 Å². The molecule has 0 aliphatic carbocycles. The van der Waals surface area contributed by atoms with Crippen LogP contribution in [0.1, 0.15) is 45.2 Å². The molecule has 1 radical (unpaired) electrons. The maximum absolute atomic E-state index is 10.2. The predicted molar refractivity (Wildman–Crippen MR) is 250 cm³/mol. The fraction of sp³-hybridized carbons (Fsp3) is 0. The van der Waals surface area contributed by atoms with Crippen molar-refractivity contribution in [2.45, 2.75) is 4.90 Å². The van der Waals surface area contributed by atoms with Gasteiger partial charge in [-0.25, -0.2) is 0 Å². The van der Waals surface area contributed by atoms with Gasteiger partial charge >= 0.3 is 0 Å². The molecule has 3 heterocycles. The Hall–Kier alpha value is -7.21. The molecule has 1 aliphatic heterocycles. The maximum Gasteiger partial charge on any atom is 0.202 e. The summed E-state index contributed by atoms with van der Waals surface area (Å²) in [6, 6.07) is -31.8. The molecule has 59 heavy (non-hydrogen) atoms. The first-order valence-electron chi connectivity index (χ1n) is 33.8. The number of thiol groups is 1. The third-order valence-electron chi connectivity index (χ3n) is 9.57. The lowest BCUT2D eigenvalue weighted by atomic mass is 9.59. The maximum atomic E-state index is 10.2. The predicted octanol–water partition coefficient (Wildman–Crippen LogP) is 12.9. The molecule has 3 nitrogen and oxygen atoms in total. The molecule has 9 aromatic carbocycles. The molecule has 0 saturated carbocycles. The molecule has 0 unspecified atom stereocenters. The molecule has 0 N–H and O–H groups in total. The number of aromatic nitrogens is 2. The molecule has 11 aromatic rings. The van der Waals surface area contributed by atoms with E-state index in [1.165, 1.54) is 0 Å². The third kappa shape index (κ3) is 5.32. The van der Waals surface area contributed by atoms with Crippen LogP contribution in [-0.2, 0) is 0 Å². The molecule has 0 spiro atoms. The minimum atomic E-state index is -1.13. The van der Waals surface area contributed by atoms with Crippen LogP contribution in [0, 0.1) is 0 Å². The van der Waals surface area contributed by atoms with E-state index in [-0.39, 0.29) is 0 Å². The fourth-order valence-corrected chi connectivity index (χ4v) is 7.32. The number of nitrogens with zero attached hydrogens (tertiary/aromatic N) is 2. The Bertz CT molecular complexity index is 5230. The van der Waals surface area contributed by atoms with E-state index >= 15 is 0 Å². The molecular weight excluding hydrogens is 735 g/mol. The molecule has 12 rings (SSSR count). The van der Waals surface area contributed by atoms with E-state index in [2.05, 4.69) is 12.6 Å². The van der Waals surface area contributed by atoms with Gasteiger partial charge in [-0.05, 0) is 93.6 Å². The fourth-order valence-electron chi connectivity index (χ4n) is 7.10. The lowest BCUT2D eigenvalue weighted by Gasteiger charge is -2.25. The Labute approximate surface area is 394 Å². The zero-order valence-electron chi connectivity index (χ0n) is 62.3. The van der Waals surface area contributed by atoms with E-state index in [1.54, 1.807) is 0 Å². The summed E-state index contributed by atoms with van der Waals surface area (Å²) in [5.41, 5.74) is -10.6. The monoisotopic (exact) mass is 802 g/mol. The summed E-state index contributed by atoms with van der Waals surface area (Å²) in [6.45, 7) is 0. The van der Waals surface area contributed by atoms with Gasteiger partial charge in [-0.1, -0.05) is 139 Å². The number of para-hydroxylation sites is 6. The van der Waals surface area contributed by atoms with Crippen molar-refractivity contribution >= 4 is 74.4 Å². The van der Waals surface area contributed by atoms with Crippen molar-refractivity contribution in [3.63, 3.8) is 0 Å². The molecule has 0 bridgehead atoms. The van der Waals surface area contributed by atoms with Crippen molar-refractivity contribution < 1.29 is 50.0 Å².